The van der Waals surface area contributed by atoms with E-state index in [4.69, 9.17) is 0 Å². The number of piperazine rings is 1. The largest absolute Gasteiger partial charge is 0.342 e. The Bertz CT molecular complexity index is 321. The van der Waals surface area contributed by atoms with Crippen molar-refractivity contribution in [1.82, 2.24) is 10.2 Å². The molecule has 0 aromatic heterocycles. The summed E-state index contributed by atoms with van der Waals surface area (Å²) in [7, 11) is 1.78. The molecule has 1 saturated heterocycles. The molecule has 3 aliphatic rings. The van der Waals surface area contributed by atoms with Gasteiger partial charge in [-0.25, -0.2) is 0 Å². The lowest BCUT2D eigenvalue weighted by Gasteiger charge is -2.36. The highest BCUT2D eigenvalue weighted by Gasteiger charge is 2.49. The van der Waals surface area contributed by atoms with Crippen molar-refractivity contribution in [2.75, 3.05) is 7.05 Å². The highest BCUT2D eigenvalue weighted by atomic mass is 16.2. The number of nitrogens with one attached hydrogen (secondary N) is 1. The molecule has 2 atom stereocenters. The molecule has 1 heterocycles. The molecule has 0 bridgehead atoms. The van der Waals surface area contributed by atoms with Gasteiger partial charge in [-0.15, -0.1) is 0 Å². The van der Waals surface area contributed by atoms with E-state index in [2.05, 4.69) is 5.32 Å². The van der Waals surface area contributed by atoms with Gasteiger partial charge in [0.05, 0.1) is 0 Å². The fourth-order valence-corrected chi connectivity index (χ4v) is 2.52. The number of likely N-dealkylation sites (N-methyl/N-ethyl adjacent to an activating group) is 1. The van der Waals surface area contributed by atoms with E-state index in [1.807, 2.05) is 0 Å². The van der Waals surface area contributed by atoms with E-state index in [1.165, 1.54) is 0 Å². The molecule has 15 heavy (non-hydrogen) atoms. The summed E-state index contributed by atoms with van der Waals surface area (Å²) in [5, 5.41) is 2.90. The SMILES string of the molecule is CN1C(=O)C(C2CC2)NC(=O)C1C1CC1. The average Bonchev–Trinajstić information content (AvgIpc) is 2.99. The third-order valence-electron chi connectivity index (χ3n) is 3.76. The molecule has 4 nitrogen and oxygen atoms in total. The zero-order valence-corrected chi connectivity index (χ0v) is 8.90. The molecule has 0 aromatic carbocycles. The molecule has 2 amide bonds. The summed E-state index contributed by atoms with van der Waals surface area (Å²) >= 11 is 0. The predicted molar refractivity (Wildman–Crippen MR) is 53.9 cm³/mol. The third kappa shape index (κ3) is 1.43. The van der Waals surface area contributed by atoms with Crippen LogP contribution >= 0.6 is 0 Å². The molecule has 0 spiro atoms. The fourth-order valence-electron chi connectivity index (χ4n) is 2.52. The van der Waals surface area contributed by atoms with Crippen LogP contribution in [0.1, 0.15) is 25.7 Å². The zero-order valence-electron chi connectivity index (χ0n) is 8.90. The van der Waals surface area contributed by atoms with Crippen molar-refractivity contribution < 1.29 is 9.59 Å². The van der Waals surface area contributed by atoms with Gasteiger partial charge in [0.15, 0.2) is 0 Å². The van der Waals surface area contributed by atoms with E-state index < -0.39 is 0 Å². The van der Waals surface area contributed by atoms with Crippen molar-refractivity contribution in [3.8, 4) is 0 Å². The Hall–Kier alpha value is -1.06. The number of hydrogen-bond donors (Lipinski definition) is 1. The maximum atomic E-state index is 12.0. The van der Waals surface area contributed by atoms with Gasteiger partial charge < -0.3 is 10.2 Å². The highest BCUT2D eigenvalue weighted by Crippen LogP contribution is 2.39. The molecule has 0 radical (unpaired) electrons. The molecule has 0 aromatic rings. The van der Waals surface area contributed by atoms with E-state index in [9.17, 15) is 9.59 Å². The van der Waals surface area contributed by atoms with Gasteiger partial charge in [0.1, 0.15) is 12.1 Å². The lowest BCUT2D eigenvalue weighted by atomic mass is 10.0. The van der Waals surface area contributed by atoms with E-state index >= 15 is 0 Å². The van der Waals surface area contributed by atoms with Gasteiger partial charge in [0.2, 0.25) is 11.8 Å². The van der Waals surface area contributed by atoms with Crippen LogP contribution in [0.3, 0.4) is 0 Å². The Kier molecular flexibility index (Phi) is 1.82. The molecule has 3 rings (SSSR count). The summed E-state index contributed by atoms with van der Waals surface area (Å²) in [4.78, 5) is 25.6. The predicted octanol–water partition coefficient (Wildman–Crippen LogP) is 0.132. The summed E-state index contributed by atoms with van der Waals surface area (Å²) in [6.45, 7) is 0. The standard InChI is InChI=1S/C11H16N2O2/c1-13-9(7-4-5-7)10(14)12-8(11(13)15)6-2-3-6/h6-9H,2-5H2,1H3,(H,12,14). The Morgan fingerprint density at radius 3 is 2.27 bits per heavy atom. The first kappa shape index (κ1) is 9.19. The number of carbonyl (C=O) groups is 2. The minimum absolute atomic E-state index is 0.0662. The normalized spacial score (nSPS) is 36.7. The van der Waals surface area contributed by atoms with Gasteiger partial charge in [0, 0.05) is 7.05 Å². The van der Waals surface area contributed by atoms with E-state index in [0.717, 1.165) is 25.7 Å². The quantitative estimate of drug-likeness (QED) is 0.701. The molecule has 2 unspecified atom stereocenters. The highest BCUT2D eigenvalue weighted by molar-refractivity contribution is 5.97. The topological polar surface area (TPSA) is 49.4 Å². The van der Waals surface area contributed by atoms with Crippen LogP contribution in [-0.4, -0.2) is 35.8 Å². The Labute approximate surface area is 89.0 Å². The first-order chi connectivity index (χ1) is 7.18. The molecular formula is C11H16N2O2. The molecule has 1 aliphatic heterocycles. The van der Waals surface area contributed by atoms with Crippen LogP contribution < -0.4 is 5.32 Å². The number of carbonyl (C=O) groups excluding carboxylic acids is 2. The molecule has 2 saturated carbocycles. The smallest absolute Gasteiger partial charge is 0.245 e. The first-order valence-electron chi connectivity index (χ1n) is 5.75. The summed E-state index contributed by atoms with van der Waals surface area (Å²) in [6.07, 6.45) is 4.34. The van der Waals surface area contributed by atoms with Crippen molar-refractivity contribution in [2.24, 2.45) is 11.8 Å². The Balaban J connectivity index is 1.79. The first-order valence-corrected chi connectivity index (χ1v) is 5.75. The Morgan fingerprint density at radius 2 is 1.73 bits per heavy atom. The molecule has 4 heteroatoms. The second kappa shape index (κ2) is 2.97. The molecule has 82 valence electrons. The minimum Gasteiger partial charge on any atom is -0.342 e. The van der Waals surface area contributed by atoms with Gasteiger partial charge in [-0.3, -0.25) is 9.59 Å². The molecule has 1 N–H and O–H groups in total. The number of hydrogen-bond acceptors (Lipinski definition) is 2. The maximum Gasteiger partial charge on any atom is 0.245 e. The summed E-state index contributed by atoms with van der Waals surface area (Å²) < 4.78 is 0. The summed E-state index contributed by atoms with van der Waals surface area (Å²) in [6, 6.07) is -0.412. The molecule has 2 aliphatic carbocycles. The average molecular weight is 208 g/mol. The van der Waals surface area contributed by atoms with Crippen LogP contribution in [0.25, 0.3) is 0 Å². The van der Waals surface area contributed by atoms with E-state index in [-0.39, 0.29) is 23.9 Å². The van der Waals surface area contributed by atoms with Gasteiger partial charge in [-0.05, 0) is 37.5 Å². The van der Waals surface area contributed by atoms with Crippen molar-refractivity contribution in [2.45, 2.75) is 37.8 Å². The van der Waals surface area contributed by atoms with Gasteiger partial charge >= 0.3 is 0 Å². The number of rotatable bonds is 2. The lowest BCUT2D eigenvalue weighted by Crippen LogP contribution is -2.63. The number of nitrogens with zero attached hydrogens (tertiary/aromatic N) is 1. The van der Waals surface area contributed by atoms with Crippen LogP contribution in [0.4, 0.5) is 0 Å². The minimum atomic E-state index is -0.225. The summed E-state index contributed by atoms with van der Waals surface area (Å²) in [5.41, 5.74) is 0. The van der Waals surface area contributed by atoms with Crippen LogP contribution in [0, 0.1) is 11.8 Å². The zero-order chi connectivity index (χ0) is 10.6. The van der Waals surface area contributed by atoms with Crippen molar-refractivity contribution in [3.05, 3.63) is 0 Å². The van der Waals surface area contributed by atoms with Gasteiger partial charge in [-0.1, -0.05) is 0 Å². The van der Waals surface area contributed by atoms with Crippen molar-refractivity contribution >= 4 is 11.8 Å². The third-order valence-corrected chi connectivity index (χ3v) is 3.76. The molecular weight excluding hydrogens is 192 g/mol. The van der Waals surface area contributed by atoms with Crippen LogP contribution in [0.2, 0.25) is 0 Å². The van der Waals surface area contributed by atoms with Crippen LogP contribution in [-0.2, 0) is 9.59 Å². The second-order valence-electron chi connectivity index (χ2n) is 5.06. The van der Waals surface area contributed by atoms with Crippen LogP contribution in [0.5, 0.6) is 0 Å². The van der Waals surface area contributed by atoms with Crippen LogP contribution in [0.15, 0.2) is 0 Å². The summed E-state index contributed by atoms with van der Waals surface area (Å²) in [5.74, 6) is 1.01. The van der Waals surface area contributed by atoms with E-state index in [1.54, 1.807) is 11.9 Å². The second-order valence-corrected chi connectivity index (χ2v) is 5.06. The molecule has 3 fully saturated rings. The van der Waals surface area contributed by atoms with E-state index in [0.29, 0.717) is 11.8 Å². The maximum absolute atomic E-state index is 12.0. The fraction of sp³-hybridized carbons (Fsp3) is 0.818. The van der Waals surface area contributed by atoms with Gasteiger partial charge in [0.25, 0.3) is 0 Å². The number of amides is 2. The Morgan fingerprint density at radius 1 is 1.13 bits per heavy atom. The monoisotopic (exact) mass is 208 g/mol. The van der Waals surface area contributed by atoms with Crippen molar-refractivity contribution in [1.29, 1.82) is 0 Å². The lowest BCUT2D eigenvalue weighted by molar-refractivity contribution is -0.149. The van der Waals surface area contributed by atoms with Crippen molar-refractivity contribution in [3.63, 3.8) is 0 Å². The van der Waals surface area contributed by atoms with Gasteiger partial charge in [-0.2, -0.15) is 0 Å².